The molecule has 1 spiro atoms. The Labute approximate surface area is 106 Å². The highest BCUT2D eigenvalue weighted by molar-refractivity contribution is 5.72. The first kappa shape index (κ1) is 11.4. The van der Waals surface area contributed by atoms with Gasteiger partial charge in [0.05, 0.1) is 13.5 Å². The predicted octanol–water partition coefficient (Wildman–Crippen LogP) is 2.44. The third-order valence-electron chi connectivity index (χ3n) is 3.54. The fraction of sp³-hybridized carbons (Fsp3) is 0.500. The van der Waals surface area contributed by atoms with Gasteiger partial charge in [-0.1, -0.05) is 6.07 Å². The van der Waals surface area contributed by atoms with Crippen LogP contribution in [0.5, 0.6) is 11.5 Å². The monoisotopic (exact) mass is 248 g/mol. The van der Waals surface area contributed by atoms with Gasteiger partial charge in [0, 0.05) is 12.8 Å². The fourth-order valence-electron chi connectivity index (χ4n) is 2.60. The van der Waals surface area contributed by atoms with Crippen LogP contribution in [0.3, 0.4) is 0 Å². The number of carbonyl (C=O) groups excluding carboxylic acids is 1. The van der Waals surface area contributed by atoms with Gasteiger partial charge >= 0.3 is 5.97 Å². The number of methoxy groups -OCH3 is 1. The van der Waals surface area contributed by atoms with Crippen molar-refractivity contribution in [3.05, 3.63) is 23.8 Å². The Kier molecular flexibility index (Phi) is 2.65. The van der Waals surface area contributed by atoms with Crippen molar-refractivity contribution in [2.45, 2.75) is 37.9 Å². The summed E-state index contributed by atoms with van der Waals surface area (Å²) in [5.41, 5.74) is 0.888. The second-order valence-electron chi connectivity index (χ2n) is 4.86. The molecule has 1 aromatic rings. The molecule has 1 aliphatic heterocycles. The van der Waals surface area contributed by atoms with Crippen molar-refractivity contribution >= 4 is 5.97 Å². The summed E-state index contributed by atoms with van der Waals surface area (Å²) >= 11 is 0. The van der Waals surface area contributed by atoms with Gasteiger partial charge < -0.3 is 14.2 Å². The Morgan fingerprint density at radius 2 is 2.00 bits per heavy atom. The van der Waals surface area contributed by atoms with Gasteiger partial charge in [0.15, 0.2) is 11.5 Å². The van der Waals surface area contributed by atoms with Gasteiger partial charge in [0.1, 0.15) is 0 Å². The lowest BCUT2D eigenvalue weighted by atomic mass is 10.1. The Balaban J connectivity index is 1.80. The molecule has 4 heteroatoms. The highest BCUT2D eigenvalue weighted by Gasteiger charge is 2.43. The van der Waals surface area contributed by atoms with Crippen LogP contribution in [0.15, 0.2) is 18.2 Å². The van der Waals surface area contributed by atoms with Crippen LogP contribution in [0.2, 0.25) is 0 Å². The van der Waals surface area contributed by atoms with Crippen molar-refractivity contribution in [3.8, 4) is 11.5 Å². The molecule has 0 saturated heterocycles. The number of benzene rings is 1. The van der Waals surface area contributed by atoms with Crippen LogP contribution in [0, 0.1) is 0 Å². The summed E-state index contributed by atoms with van der Waals surface area (Å²) in [5, 5.41) is 0. The zero-order valence-corrected chi connectivity index (χ0v) is 10.4. The third-order valence-corrected chi connectivity index (χ3v) is 3.54. The molecule has 1 heterocycles. The van der Waals surface area contributed by atoms with E-state index in [0.29, 0.717) is 0 Å². The minimum absolute atomic E-state index is 0.246. The number of hydrogen-bond acceptors (Lipinski definition) is 4. The van der Waals surface area contributed by atoms with E-state index in [2.05, 4.69) is 4.74 Å². The van der Waals surface area contributed by atoms with Crippen LogP contribution in [0.1, 0.15) is 31.2 Å². The van der Waals surface area contributed by atoms with E-state index in [1.165, 1.54) is 7.11 Å². The van der Waals surface area contributed by atoms with Crippen LogP contribution in [0.4, 0.5) is 0 Å². The van der Waals surface area contributed by atoms with E-state index in [1.807, 2.05) is 18.2 Å². The summed E-state index contributed by atoms with van der Waals surface area (Å²) < 4.78 is 16.5. The molecule has 1 aromatic carbocycles. The van der Waals surface area contributed by atoms with E-state index in [9.17, 15) is 4.79 Å². The first-order valence-corrected chi connectivity index (χ1v) is 6.29. The molecule has 0 amide bonds. The molecule has 3 rings (SSSR count). The fourth-order valence-corrected chi connectivity index (χ4v) is 2.60. The molecule has 1 fully saturated rings. The van der Waals surface area contributed by atoms with Crippen molar-refractivity contribution < 1.29 is 19.0 Å². The number of ether oxygens (including phenoxy) is 3. The topological polar surface area (TPSA) is 44.8 Å². The van der Waals surface area contributed by atoms with Crippen molar-refractivity contribution in [2.75, 3.05) is 7.11 Å². The van der Waals surface area contributed by atoms with Crippen LogP contribution in [-0.2, 0) is 16.0 Å². The molecular weight excluding hydrogens is 232 g/mol. The quantitative estimate of drug-likeness (QED) is 0.754. The van der Waals surface area contributed by atoms with Crippen LogP contribution >= 0.6 is 0 Å². The number of carbonyl (C=O) groups is 1. The Bertz CT molecular complexity index is 475. The lowest BCUT2D eigenvalue weighted by molar-refractivity contribution is -0.139. The molecule has 0 radical (unpaired) electrons. The van der Waals surface area contributed by atoms with E-state index in [4.69, 9.17) is 9.47 Å². The molecular formula is C14H16O4. The molecule has 18 heavy (non-hydrogen) atoms. The normalized spacial score (nSPS) is 19.2. The van der Waals surface area contributed by atoms with Gasteiger partial charge in [-0.25, -0.2) is 0 Å². The number of fused-ring (bicyclic) bond motifs is 1. The number of rotatable bonds is 2. The Morgan fingerprint density at radius 1 is 1.28 bits per heavy atom. The second kappa shape index (κ2) is 4.19. The smallest absolute Gasteiger partial charge is 0.309 e. The Morgan fingerprint density at radius 3 is 2.72 bits per heavy atom. The van der Waals surface area contributed by atoms with E-state index < -0.39 is 5.79 Å². The molecule has 0 aromatic heterocycles. The summed E-state index contributed by atoms with van der Waals surface area (Å²) in [6.07, 6.45) is 4.42. The zero-order chi connectivity index (χ0) is 12.6. The SMILES string of the molecule is COC(=O)Cc1ccc2c(c1)OC1(CCCC1)O2. The van der Waals surface area contributed by atoms with Crippen LogP contribution < -0.4 is 9.47 Å². The molecule has 1 aliphatic carbocycles. The molecule has 2 aliphatic rings. The third kappa shape index (κ3) is 1.92. The molecule has 0 bridgehead atoms. The first-order valence-electron chi connectivity index (χ1n) is 6.29. The van der Waals surface area contributed by atoms with Gasteiger partial charge in [-0.3, -0.25) is 4.79 Å². The number of hydrogen-bond donors (Lipinski definition) is 0. The van der Waals surface area contributed by atoms with Crippen LogP contribution in [0.25, 0.3) is 0 Å². The van der Waals surface area contributed by atoms with Crippen molar-refractivity contribution in [2.24, 2.45) is 0 Å². The predicted molar refractivity (Wildman–Crippen MR) is 64.6 cm³/mol. The highest BCUT2D eigenvalue weighted by Crippen LogP contribution is 2.46. The van der Waals surface area contributed by atoms with Gasteiger partial charge in [-0.05, 0) is 30.5 Å². The van der Waals surface area contributed by atoms with E-state index in [-0.39, 0.29) is 12.4 Å². The van der Waals surface area contributed by atoms with Crippen molar-refractivity contribution in [1.29, 1.82) is 0 Å². The molecule has 0 N–H and O–H groups in total. The minimum atomic E-state index is -0.438. The van der Waals surface area contributed by atoms with Gasteiger partial charge in [-0.15, -0.1) is 0 Å². The summed E-state index contributed by atoms with van der Waals surface area (Å²) in [7, 11) is 1.39. The van der Waals surface area contributed by atoms with Crippen LogP contribution in [-0.4, -0.2) is 18.9 Å². The first-order chi connectivity index (χ1) is 8.71. The average molecular weight is 248 g/mol. The number of esters is 1. The standard InChI is InChI=1S/C14H16O4/c1-16-13(15)9-10-4-5-11-12(8-10)18-14(17-11)6-2-3-7-14/h4-5,8H,2-3,6-7,9H2,1H3. The summed E-state index contributed by atoms with van der Waals surface area (Å²) in [6, 6.07) is 5.63. The molecule has 4 nitrogen and oxygen atoms in total. The largest absolute Gasteiger partial charge is 0.469 e. The minimum Gasteiger partial charge on any atom is -0.469 e. The molecule has 96 valence electrons. The highest BCUT2D eigenvalue weighted by atomic mass is 16.7. The maximum atomic E-state index is 11.2. The van der Waals surface area contributed by atoms with Gasteiger partial charge in [0.2, 0.25) is 0 Å². The Hall–Kier alpha value is -1.71. The molecule has 0 unspecified atom stereocenters. The lowest BCUT2D eigenvalue weighted by Crippen LogP contribution is -2.34. The maximum absolute atomic E-state index is 11.2. The molecule has 0 atom stereocenters. The van der Waals surface area contributed by atoms with Crippen molar-refractivity contribution in [1.82, 2.24) is 0 Å². The van der Waals surface area contributed by atoms with Crippen molar-refractivity contribution in [3.63, 3.8) is 0 Å². The van der Waals surface area contributed by atoms with Gasteiger partial charge in [-0.2, -0.15) is 0 Å². The van der Waals surface area contributed by atoms with Gasteiger partial charge in [0.25, 0.3) is 5.79 Å². The van der Waals surface area contributed by atoms with E-state index in [1.54, 1.807) is 0 Å². The molecule has 1 saturated carbocycles. The zero-order valence-electron chi connectivity index (χ0n) is 10.4. The lowest BCUT2D eigenvalue weighted by Gasteiger charge is -2.21. The summed E-state index contributed by atoms with van der Waals surface area (Å²) in [5.74, 6) is 0.847. The maximum Gasteiger partial charge on any atom is 0.309 e. The summed E-state index contributed by atoms with van der Waals surface area (Å²) in [4.78, 5) is 11.2. The van der Waals surface area contributed by atoms with E-state index in [0.717, 1.165) is 42.7 Å². The average Bonchev–Trinajstić information content (AvgIpc) is 2.95. The van der Waals surface area contributed by atoms with E-state index >= 15 is 0 Å². The summed E-state index contributed by atoms with van der Waals surface area (Å²) in [6.45, 7) is 0. The second-order valence-corrected chi connectivity index (χ2v) is 4.86.